The summed E-state index contributed by atoms with van der Waals surface area (Å²) < 4.78 is 90.5. The molecule has 4 aromatic rings. The molecule has 4 atom stereocenters. The Kier molecular flexibility index (Phi) is 25.5. The molecule has 0 aromatic heterocycles. The maximum Gasteiger partial charge on any atom is 0.314 e. The molecule has 0 fully saturated rings. The molecule has 0 radical (unpaired) electrons. The van der Waals surface area contributed by atoms with Crippen LogP contribution in [0.4, 0.5) is 9.59 Å². The molecular formula is C54H74Cl4N8O12S2. The second kappa shape index (κ2) is 31.4. The van der Waals surface area contributed by atoms with Gasteiger partial charge in [0.05, 0.1) is 74.7 Å². The lowest BCUT2D eigenvalue weighted by Crippen LogP contribution is -2.39. The van der Waals surface area contributed by atoms with E-state index in [-0.39, 0.29) is 125 Å². The zero-order chi connectivity index (χ0) is 58.0. The highest BCUT2D eigenvalue weighted by Gasteiger charge is 2.39. The van der Waals surface area contributed by atoms with Crippen molar-refractivity contribution < 1.29 is 54.8 Å². The Bertz CT molecular complexity index is 2690. The third-order valence-electron chi connectivity index (χ3n) is 13.5. The summed E-state index contributed by atoms with van der Waals surface area (Å²) in [6, 6.07) is 19.2. The van der Waals surface area contributed by atoms with Gasteiger partial charge in [-0.2, -0.15) is 8.61 Å². The molecule has 26 heteroatoms. The number of amides is 4. The average Bonchev–Trinajstić information content (AvgIpc) is 4.15. The Labute approximate surface area is 491 Å². The SMILES string of the molecule is CN(C)C1Cc2c(Cl)cc(Cl)cc2C1Oc1ccc(S(=O)(=O)N(C)CCOCCOCCNC(=O)NCCCCNC(=O)NCCOCCOCCN(C)S(=O)(=O)c2ccc(OC3c4cc(Cl)cc(Cl)c4CC3N(C)C)cc2)cc1. The minimum absolute atomic E-state index is 0.0173. The third-order valence-corrected chi connectivity index (χ3v) is 18.4. The topological polar surface area (TPSA) is 219 Å². The lowest BCUT2D eigenvalue weighted by atomic mass is 10.1. The molecule has 0 saturated carbocycles. The molecule has 4 aromatic carbocycles. The molecule has 0 aliphatic heterocycles. The average molecular weight is 1230 g/mol. The fourth-order valence-corrected chi connectivity index (χ4v) is 12.5. The first-order valence-electron chi connectivity index (χ1n) is 26.3. The number of carbonyl (C=O) groups is 2. The van der Waals surface area contributed by atoms with Crippen LogP contribution in [0.2, 0.25) is 20.1 Å². The van der Waals surface area contributed by atoms with Gasteiger partial charge in [-0.1, -0.05) is 46.4 Å². The van der Waals surface area contributed by atoms with Crippen LogP contribution in [0.1, 0.15) is 47.3 Å². The van der Waals surface area contributed by atoms with Gasteiger partial charge in [0.1, 0.15) is 23.7 Å². The molecule has 20 nitrogen and oxygen atoms in total. The molecular weight excluding hydrogens is 1160 g/mol. The molecule has 4 amide bonds. The summed E-state index contributed by atoms with van der Waals surface area (Å²) in [5.41, 5.74) is 3.81. The molecule has 80 heavy (non-hydrogen) atoms. The van der Waals surface area contributed by atoms with Crippen LogP contribution in [0.3, 0.4) is 0 Å². The minimum Gasteiger partial charge on any atom is -0.484 e. The molecule has 442 valence electrons. The van der Waals surface area contributed by atoms with Crippen molar-refractivity contribution in [1.29, 1.82) is 0 Å². The fourth-order valence-electron chi connectivity index (χ4n) is 8.98. The van der Waals surface area contributed by atoms with Crippen molar-refractivity contribution in [1.82, 2.24) is 39.7 Å². The van der Waals surface area contributed by atoms with Crippen molar-refractivity contribution in [3.05, 3.63) is 115 Å². The fraction of sp³-hybridized carbons (Fsp3) is 0.519. The number of carbonyl (C=O) groups excluding carboxylic acids is 2. The molecule has 2 aliphatic carbocycles. The quantitative estimate of drug-likeness (QED) is 0.0357. The highest BCUT2D eigenvalue weighted by Crippen LogP contribution is 2.44. The summed E-state index contributed by atoms with van der Waals surface area (Å²) in [6.07, 6.45) is 2.02. The first-order chi connectivity index (χ1) is 38.2. The van der Waals surface area contributed by atoms with E-state index in [0.717, 1.165) is 22.3 Å². The van der Waals surface area contributed by atoms with Gasteiger partial charge in [-0.15, -0.1) is 0 Å². The Morgan fingerprint density at radius 2 is 0.825 bits per heavy atom. The van der Waals surface area contributed by atoms with Gasteiger partial charge in [-0.25, -0.2) is 26.4 Å². The number of hydrogen-bond donors (Lipinski definition) is 4. The smallest absolute Gasteiger partial charge is 0.314 e. The number of hydrogen-bond acceptors (Lipinski definition) is 14. The maximum atomic E-state index is 13.3. The van der Waals surface area contributed by atoms with Crippen molar-refractivity contribution in [2.24, 2.45) is 0 Å². The minimum atomic E-state index is -3.78. The number of unbranched alkanes of at least 4 members (excludes halogenated alkanes) is 1. The van der Waals surface area contributed by atoms with E-state index in [1.165, 1.54) is 47.0 Å². The predicted octanol–water partition coefficient (Wildman–Crippen LogP) is 6.90. The van der Waals surface area contributed by atoms with Gasteiger partial charge in [0.15, 0.2) is 0 Å². The van der Waals surface area contributed by atoms with Crippen LogP contribution in [0, 0.1) is 0 Å². The van der Waals surface area contributed by atoms with Gasteiger partial charge in [0.25, 0.3) is 0 Å². The lowest BCUT2D eigenvalue weighted by Gasteiger charge is -2.27. The lowest BCUT2D eigenvalue weighted by molar-refractivity contribution is 0.0471. The number of likely N-dealkylation sites (N-methyl/N-ethyl adjacent to an activating group) is 4. The number of rotatable bonds is 33. The van der Waals surface area contributed by atoms with Gasteiger partial charge in [0, 0.05) is 84.6 Å². The molecule has 0 heterocycles. The van der Waals surface area contributed by atoms with Crippen LogP contribution in [0.5, 0.6) is 11.5 Å². The van der Waals surface area contributed by atoms with Gasteiger partial charge < -0.3 is 59.5 Å². The number of fused-ring (bicyclic) bond motifs is 2. The van der Waals surface area contributed by atoms with Gasteiger partial charge in [-0.05, 0) is 138 Å². The Morgan fingerprint density at radius 3 is 1.18 bits per heavy atom. The van der Waals surface area contributed by atoms with Crippen molar-refractivity contribution in [2.45, 2.75) is 59.8 Å². The van der Waals surface area contributed by atoms with E-state index < -0.39 is 20.0 Å². The number of urea groups is 2. The van der Waals surface area contributed by atoms with E-state index in [1.807, 2.05) is 40.3 Å². The molecule has 2 aliphatic rings. The zero-order valence-electron chi connectivity index (χ0n) is 46.0. The third kappa shape index (κ3) is 18.6. The Hall–Kier alpha value is -4.24. The van der Waals surface area contributed by atoms with Crippen LogP contribution < -0.4 is 30.7 Å². The highest BCUT2D eigenvalue weighted by atomic mass is 35.5. The number of ether oxygens (including phenoxy) is 6. The van der Waals surface area contributed by atoms with E-state index in [4.69, 9.17) is 74.8 Å². The van der Waals surface area contributed by atoms with Crippen LogP contribution >= 0.6 is 46.4 Å². The number of nitrogens with one attached hydrogen (secondary N) is 4. The summed E-state index contributed by atoms with van der Waals surface area (Å²) in [6.45, 7) is 3.52. The molecule has 4 unspecified atom stereocenters. The van der Waals surface area contributed by atoms with Gasteiger partial charge in [0.2, 0.25) is 20.0 Å². The van der Waals surface area contributed by atoms with E-state index >= 15 is 0 Å². The van der Waals surface area contributed by atoms with Crippen molar-refractivity contribution in [3.63, 3.8) is 0 Å². The maximum absolute atomic E-state index is 13.3. The summed E-state index contributed by atoms with van der Waals surface area (Å²) >= 11 is 25.6. The number of nitrogens with zero attached hydrogens (tertiary/aromatic N) is 4. The molecule has 0 bridgehead atoms. The summed E-state index contributed by atoms with van der Waals surface area (Å²) in [4.78, 5) is 28.7. The van der Waals surface area contributed by atoms with E-state index in [0.29, 0.717) is 70.4 Å². The normalized spacial score (nSPS) is 17.0. The first kappa shape index (κ1) is 64.9. The van der Waals surface area contributed by atoms with Crippen LogP contribution in [-0.4, -0.2) is 194 Å². The Morgan fingerprint density at radius 1 is 0.487 bits per heavy atom. The van der Waals surface area contributed by atoms with Gasteiger partial charge in [-0.3, -0.25) is 0 Å². The van der Waals surface area contributed by atoms with Crippen LogP contribution in [-0.2, 0) is 51.8 Å². The van der Waals surface area contributed by atoms with Crippen molar-refractivity contribution >= 4 is 78.5 Å². The number of halogens is 4. The number of benzene rings is 4. The summed E-state index contributed by atoms with van der Waals surface area (Å²) in [7, 11) is 3.32. The predicted molar refractivity (Wildman–Crippen MR) is 310 cm³/mol. The summed E-state index contributed by atoms with van der Waals surface area (Å²) in [5.74, 6) is 1.04. The molecule has 0 spiro atoms. The van der Waals surface area contributed by atoms with Gasteiger partial charge >= 0.3 is 12.1 Å². The Balaban J connectivity index is 0.711. The van der Waals surface area contributed by atoms with Crippen LogP contribution in [0.15, 0.2) is 82.6 Å². The second-order valence-electron chi connectivity index (χ2n) is 19.6. The standard InChI is InChI=1S/C54H74Cl4N8O12S2/c1-63(2)49-35-43-45(31-37(55)33-47(43)57)51(49)77-39-9-13-41(14-10-39)79(69,70)65(5)21-25-75-29-27-73-23-19-61-53(67)59-17-7-8-18-60-54(68)62-20-24-74-28-30-76-26-22-66(6)80(71,72)42-15-11-40(12-16-42)78-52-46-32-38(56)34-48(58)44(46)36-50(52)64(3)4/h9-16,31-34,49-52H,7-8,17-30,35-36H2,1-6H3,(H2,59,61,67)(H2,60,62,68). The zero-order valence-corrected chi connectivity index (χ0v) is 50.6. The van der Waals surface area contributed by atoms with E-state index in [1.54, 1.807) is 36.4 Å². The molecule has 0 saturated heterocycles. The van der Waals surface area contributed by atoms with Crippen molar-refractivity contribution in [3.8, 4) is 11.5 Å². The first-order valence-corrected chi connectivity index (χ1v) is 30.7. The van der Waals surface area contributed by atoms with Crippen molar-refractivity contribution in [2.75, 3.05) is 134 Å². The second-order valence-corrected chi connectivity index (χ2v) is 25.4. The van der Waals surface area contributed by atoms with E-state index in [2.05, 4.69) is 31.1 Å². The van der Waals surface area contributed by atoms with Crippen LogP contribution in [0.25, 0.3) is 0 Å². The van der Waals surface area contributed by atoms with E-state index in [9.17, 15) is 26.4 Å². The molecule has 6 rings (SSSR count). The summed E-state index contributed by atoms with van der Waals surface area (Å²) in [5, 5.41) is 13.2. The highest BCUT2D eigenvalue weighted by molar-refractivity contribution is 7.89. The molecule has 4 N–H and O–H groups in total. The monoisotopic (exact) mass is 1230 g/mol. The largest absolute Gasteiger partial charge is 0.484 e. The number of sulfonamides is 2.